The summed E-state index contributed by atoms with van der Waals surface area (Å²) in [5.41, 5.74) is 1.59. The Morgan fingerprint density at radius 1 is 1.43 bits per heavy atom. The third-order valence-corrected chi connectivity index (χ3v) is 3.06. The third kappa shape index (κ3) is 2.95. The van der Waals surface area contributed by atoms with Crippen molar-refractivity contribution in [2.45, 2.75) is 0 Å². The van der Waals surface area contributed by atoms with Crippen molar-refractivity contribution in [3.05, 3.63) is 42.1 Å². The molecule has 1 aliphatic heterocycles. The highest BCUT2D eigenvalue weighted by Crippen LogP contribution is 2.25. The van der Waals surface area contributed by atoms with Crippen LogP contribution in [-0.4, -0.2) is 42.1 Å². The number of β-amino-alcohol motifs (C(OH)–C–C–N with tert-alkyl or cyclic N) is 1. The summed E-state index contributed by atoms with van der Waals surface area (Å²) in [6.07, 6.45) is 2.86. The Morgan fingerprint density at radius 3 is 2.81 bits per heavy atom. The van der Waals surface area contributed by atoms with Crippen LogP contribution in [0.2, 0.25) is 0 Å². The first-order chi connectivity index (χ1) is 10.1. The highest BCUT2D eigenvalue weighted by atomic mass is 16.5. The molecule has 0 radical (unpaired) electrons. The van der Waals surface area contributed by atoms with Crippen LogP contribution in [0.4, 0.5) is 5.69 Å². The van der Waals surface area contributed by atoms with Gasteiger partial charge in [-0.05, 0) is 18.2 Å². The van der Waals surface area contributed by atoms with Crippen LogP contribution >= 0.6 is 0 Å². The molecule has 1 aliphatic rings. The number of aliphatic hydroxyl groups excluding tert-OH is 1. The number of nitrogens with one attached hydrogen (secondary N) is 1. The van der Waals surface area contributed by atoms with E-state index in [0.29, 0.717) is 11.4 Å². The summed E-state index contributed by atoms with van der Waals surface area (Å²) < 4.78 is 5.18. The number of ether oxygens (including phenoxy) is 1. The highest BCUT2D eigenvalue weighted by Gasteiger charge is 2.30. The van der Waals surface area contributed by atoms with Gasteiger partial charge in [0.1, 0.15) is 11.4 Å². The van der Waals surface area contributed by atoms with Crippen molar-refractivity contribution in [2.75, 3.05) is 25.6 Å². The van der Waals surface area contributed by atoms with Gasteiger partial charge in [-0.3, -0.25) is 14.5 Å². The Bertz CT molecular complexity index is 622. The molecule has 0 aliphatic carbocycles. The van der Waals surface area contributed by atoms with Gasteiger partial charge in [0, 0.05) is 17.3 Å². The molecule has 0 saturated heterocycles. The molecule has 1 aromatic carbocycles. The zero-order valence-corrected chi connectivity index (χ0v) is 11.6. The van der Waals surface area contributed by atoms with Crippen molar-refractivity contribution in [1.29, 1.82) is 0 Å². The van der Waals surface area contributed by atoms with Crippen molar-refractivity contribution in [3.8, 4) is 5.75 Å². The Hall–Kier alpha value is -2.60. The minimum atomic E-state index is -0.454. The Morgan fingerprint density at radius 2 is 2.19 bits per heavy atom. The van der Waals surface area contributed by atoms with E-state index in [2.05, 4.69) is 11.9 Å². The lowest BCUT2D eigenvalue weighted by molar-refractivity contribution is -0.137. The van der Waals surface area contributed by atoms with Gasteiger partial charge in [-0.1, -0.05) is 12.7 Å². The summed E-state index contributed by atoms with van der Waals surface area (Å²) in [6, 6.07) is 5.24. The van der Waals surface area contributed by atoms with Crippen LogP contribution in [-0.2, 0) is 9.59 Å². The smallest absolute Gasteiger partial charge is 0.277 e. The van der Waals surface area contributed by atoms with Crippen LogP contribution in [0.5, 0.6) is 5.75 Å². The van der Waals surface area contributed by atoms with E-state index in [0.717, 1.165) is 10.5 Å². The number of hydrogen-bond acceptors (Lipinski definition) is 5. The Labute approximate surface area is 122 Å². The first kappa shape index (κ1) is 14.8. The summed E-state index contributed by atoms with van der Waals surface area (Å²) in [4.78, 5) is 24.6. The van der Waals surface area contributed by atoms with Gasteiger partial charge in [0.15, 0.2) is 0 Å². The number of rotatable bonds is 6. The van der Waals surface area contributed by atoms with E-state index in [1.54, 1.807) is 31.4 Å². The zero-order valence-electron chi connectivity index (χ0n) is 11.6. The van der Waals surface area contributed by atoms with Crippen molar-refractivity contribution >= 4 is 23.6 Å². The number of anilines is 1. The Balaban J connectivity index is 2.19. The van der Waals surface area contributed by atoms with Crippen LogP contribution in [0, 0.1) is 0 Å². The first-order valence-corrected chi connectivity index (χ1v) is 6.36. The standard InChI is InChI=1S/C15H16N2O4/c1-3-10-8-11(4-5-13(10)21-2)16-12-9-14(19)17(6-7-18)15(12)20/h3-5,8-9,16,18H,1,6-7H2,2H3. The highest BCUT2D eigenvalue weighted by molar-refractivity contribution is 6.17. The summed E-state index contributed by atoms with van der Waals surface area (Å²) in [5.74, 6) is -0.223. The van der Waals surface area contributed by atoms with Crippen LogP contribution in [0.15, 0.2) is 36.6 Å². The van der Waals surface area contributed by atoms with Gasteiger partial charge in [-0.2, -0.15) is 0 Å². The predicted molar refractivity (Wildman–Crippen MR) is 78.6 cm³/mol. The quantitative estimate of drug-likeness (QED) is 0.763. The molecule has 1 heterocycles. The van der Waals surface area contributed by atoms with Gasteiger partial charge >= 0.3 is 0 Å². The van der Waals surface area contributed by atoms with Crippen molar-refractivity contribution < 1.29 is 19.4 Å². The lowest BCUT2D eigenvalue weighted by Crippen LogP contribution is -2.34. The fourth-order valence-corrected chi connectivity index (χ4v) is 2.04. The largest absolute Gasteiger partial charge is 0.496 e. The van der Waals surface area contributed by atoms with Gasteiger partial charge in [-0.15, -0.1) is 0 Å². The van der Waals surface area contributed by atoms with Crippen molar-refractivity contribution in [3.63, 3.8) is 0 Å². The maximum absolute atomic E-state index is 12.0. The van der Waals surface area contributed by atoms with Gasteiger partial charge in [0.2, 0.25) is 0 Å². The maximum Gasteiger partial charge on any atom is 0.277 e. The topological polar surface area (TPSA) is 78.9 Å². The monoisotopic (exact) mass is 288 g/mol. The number of aliphatic hydroxyl groups is 1. The molecular formula is C15H16N2O4. The molecule has 0 bridgehead atoms. The first-order valence-electron chi connectivity index (χ1n) is 6.36. The van der Waals surface area contributed by atoms with Crippen LogP contribution < -0.4 is 10.1 Å². The number of hydrogen-bond donors (Lipinski definition) is 2. The molecule has 2 N–H and O–H groups in total. The molecule has 1 aromatic rings. The molecule has 6 heteroatoms. The molecule has 0 spiro atoms. The number of amides is 2. The van der Waals surface area contributed by atoms with Gasteiger partial charge in [0.05, 0.1) is 20.3 Å². The zero-order chi connectivity index (χ0) is 15.4. The molecule has 2 rings (SSSR count). The predicted octanol–water partition coefficient (Wildman–Crippen LogP) is 0.995. The van der Waals surface area contributed by atoms with Gasteiger partial charge in [-0.25, -0.2) is 0 Å². The second-order valence-electron chi connectivity index (χ2n) is 4.36. The molecule has 0 aromatic heterocycles. The van der Waals surface area contributed by atoms with Crippen molar-refractivity contribution in [2.24, 2.45) is 0 Å². The number of nitrogens with zero attached hydrogens (tertiary/aromatic N) is 1. The fraction of sp³-hybridized carbons (Fsp3) is 0.200. The Kier molecular flexibility index (Phi) is 4.39. The van der Waals surface area contributed by atoms with Crippen LogP contribution in [0.25, 0.3) is 6.08 Å². The van der Waals surface area contributed by atoms with E-state index in [1.165, 1.54) is 6.08 Å². The number of imide groups is 1. The van der Waals surface area contributed by atoms with Crippen LogP contribution in [0.3, 0.4) is 0 Å². The molecule has 2 amide bonds. The molecular weight excluding hydrogens is 272 g/mol. The fourth-order valence-electron chi connectivity index (χ4n) is 2.04. The number of benzene rings is 1. The molecule has 110 valence electrons. The summed E-state index contributed by atoms with van der Waals surface area (Å²) in [6.45, 7) is 3.42. The van der Waals surface area contributed by atoms with E-state index in [1.807, 2.05) is 0 Å². The molecule has 0 unspecified atom stereocenters. The second kappa shape index (κ2) is 6.23. The minimum Gasteiger partial charge on any atom is -0.496 e. The summed E-state index contributed by atoms with van der Waals surface area (Å²) in [7, 11) is 1.56. The lowest BCUT2D eigenvalue weighted by atomic mass is 10.1. The number of methoxy groups -OCH3 is 1. The molecule has 6 nitrogen and oxygen atoms in total. The van der Waals surface area contributed by atoms with E-state index in [4.69, 9.17) is 9.84 Å². The molecule has 0 atom stereocenters. The summed E-state index contributed by atoms with van der Waals surface area (Å²) in [5, 5.41) is 11.7. The number of carbonyl (C=O) groups is 2. The van der Waals surface area contributed by atoms with E-state index < -0.39 is 11.8 Å². The van der Waals surface area contributed by atoms with Crippen molar-refractivity contribution in [1.82, 2.24) is 4.90 Å². The summed E-state index contributed by atoms with van der Waals surface area (Å²) >= 11 is 0. The van der Waals surface area contributed by atoms with E-state index >= 15 is 0 Å². The average molecular weight is 288 g/mol. The van der Waals surface area contributed by atoms with E-state index in [9.17, 15) is 9.59 Å². The van der Waals surface area contributed by atoms with Gasteiger partial charge in [0.25, 0.3) is 11.8 Å². The van der Waals surface area contributed by atoms with Crippen LogP contribution in [0.1, 0.15) is 5.56 Å². The SMILES string of the molecule is C=Cc1cc(NC2=CC(=O)N(CCO)C2=O)ccc1OC. The molecule has 0 saturated carbocycles. The maximum atomic E-state index is 12.0. The normalized spacial score (nSPS) is 14.2. The molecule has 0 fully saturated rings. The third-order valence-electron chi connectivity index (χ3n) is 3.06. The molecule has 21 heavy (non-hydrogen) atoms. The average Bonchev–Trinajstić information content (AvgIpc) is 2.75. The second-order valence-corrected chi connectivity index (χ2v) is 4.36. The minimum absolute atomic E-state index is 0.0140. The number of carbonyl (C=O) groups excluding carboxylic acids is 2. The van der Waals surface area contributed by atoms with E-state index in [-0.39, 0.29) is 18.8 Å². The lowest BCUT2D eigenvalue weighted by Gasteiger charge is -2.14. The van der Waals surface area contributed by atoms with Gasteiger partial charge < -0.3 is 15.2 Å².